The highest BCUT2D eigenvalue weighted by Crippen LogP contribution is 2.27. The second kappa shape index (κ2) is 14.0. The average Bonchev–Trinajstić information content (AvgIpc) is 2.80. The maximum Gasteiger partial charge on any atom is 0.408 e. The highest BCUT2D eigenvalue weighted by atomic mass is 16.6. The molecule has 0 aliphatic rings. The predicted molar refractivity (Wildman–Crippen MR) is 131 cm³/mol. The summed E-state index contributed by atoms with van der Waals surface area (Å²) in [5.41, 5.74) is 5.01. The molecule has 206 valence electrons. The van der Waals surface area contributed by atoms with Gasteiger partial charge in [-0.15, -0.1) is 0 Å². The number of hydrogen-bond donors (Lipinski definition) is 5. The number of phenolic OH excluding ortho intramolecular Hbond substituents is 1. The summed E-state index contributed by atoms with van der Waals surface area (Å²) in [5, 5.41) is 24.5. The lowest BCUT2D eigenvalue weighted by Gasteiger charge is -2.34. The van der Waals surface area contributed by atoms with Gasteiger partial charge in [-0.3, -0.25) is 19.2 Å². The van der Waals surface area contributed by atoms with Crippen LogP contribution in [0.3, 0.4) is 0 Å². The van der Waals surface area contributed by atoms with Crippen LogP contribution in [0, 0.1) is 6.92 Å². The van der Waals surface area contributed by atoms with Gasteiger partial charge < -0.3 is 41.0 Å². The minimum absolute atomic E-state index is 0.0524. The molecule has 13 heteroatoms. The molecule has 2 atom stereocenters. The number of phenols is 1. The van der Waals surface area contributed by atoms with Crippen LogP contribution in [-0.2, 0) is 28.7 Å². The standard InChI is InChI=1S/C24H36N4O9/c1-14-12-15(6-8-17(14)30)20(21(33)26-13-19(32)36-5)28(10-11-29)22(34)16(7-9-18(25)31)27-23(35)37-24(2,3)4/h6,8,12,16,20,29-30H,7,9-11,13H2,1-5H3,(H2,25,31)(H,26,33)(H,27,35). The number of carbonyl (C=O) groups excluding carboxylic acids is 5. The molecule has 0 saturated heterocycles. The maximum absolute atomic E-state index is 13.7. The van der Waals surface area contributed by atoms with E-state index < -0.39 is 60.6 Å². The first-order valence-corrected chi connectivity index (χ1v) is 11.5. The minimum atomic E-state index is -1.39. The number of amides is 4. The van der Waals surface area contributed by atoms with Gasteiger partial charge in [0.25, 0.3) is 0 Å². The molecule has 1 rings (SSSR count). The number of nitrogens with two attached hydrogens (primary N) is 1. The number of alkyl carbamates (subject to hydrolysis) is 1. The third kappa shape index (κ3) is 10.3. The Kier molecular flexibility index (Phi) is 11.8. The summed E-state index contributed by atoms with van der Waals surface area (Å²) in [6, 6.07) is 1.47. The van der Waals surface area contributed by atoms with Crippen molar-refractivity contribution in [2.75, 3.05) is 26.8 Å². The van der Waals surface area contributed by atoms with Gasteiger partial charge in [0.05, 0.1) is 13.7 Å². The van der Waals surface area contributed by atoms with Gasteiger partial charge in [0, 0.05) is 13.0 Å². The molecule has 0 fully saturated rings. The van der Waals surface area contributed by atoms with Crippen LogP contribution in [0.1, 0.15) is 50.8 Å². The van der Waals surface area contributed by atoms with Gasteiger partial charge >= 0.3 is 12.1 Å². The predicted octanol–water partition coefficient (Wildman–Crippen LogP) is 0.0106. The number of carbonyl (C=O) groups is 5. The average molecular weight is 525 g/mol. The number of hydrogen-bond acceptors (Lipinski definition) is 9. The van der Waals surface area contributed by atoms with Gasteiger partial charge in [-0.2, -0.15) is 0 Å². The van der Waals surface area contributed by atoms with Crippen molar-refractivity contribution in [3.05, 3.63) is 29.3 Å². The Labute approximate surface area is 215 Å². The number of aryl methyl sites for hydroxylation is 1. The van der Waals surface area contributed by atoms with Crippen molar-refractivity contribution in [3.63, 3.8) is 0 Å². The number of rotatable bonds is 12. The first-order chi connectivity index (χ1) is 17.2. The van der Waals surface area contributed by atoms with E-state index in [0.717, 1.165) is 12.0 Å². The minimum Gasteiger partial charge on any atom is -0.508 e. The summed E-state index contributed by atoms with van der Waals surface area (Å²) >= 11 is 0. The lowest BCUT2D eigenvalue weighted by molar-refractivity contribution is -0.145. The van der Waals surface area contributed by atoms with Crippen molar-refractivity contribution in [1.29, 1.82) is 0 Å². The van der Waals surface area contributed by atoms with E-state index in [9.17, 15) is 34.2 Å². The van der Waals surface area contributed by atoms with Crippen LogP contribution in [0.4, 0.5) is 4.79 Å². The summed E-state index contributed by atoms with van der Waals surface area (Å²) in [4.78, 5) is 63.4. The number of aromatic hydroxyl groups is 1. The molecule has 37 heavy (non-hydrogen) atoms. The molecule has 0 spiro atoms. The smallest absolute Gasteiger partial charge is 0.408 e. The monoisotopic (exact) mass is 524 g/mol. The molecular formula is C24H36N4O9. The van der Waals surface area contributed by atoms with E-state index in [1.54, 1.807) is 27.7 Å². The van der Waals surface area contributed by atoms with E-state index in [1.807, 2.05) is 0 Å². The van der Waals surface area contributed by atoms with Crippen molar-refractivity contribution < 1.29 is 43.7 Å². The number of nitrogens with zero attached hydrogens (tertiary/aromatic N) is 1. The number of nitrogens with one attached hydrogen (secondary N) is 2. The van der Waals surface area contributed by atoms with Crippen LogP contribution in [0.15, 0.2) is 18.2 Å². The highest BCUT2D eigenvalue weighted by Gasteiger charge is 2.36. The number of aliphatic hydroxyl groups is 1. The fraction of sp³-hybridized carbons (Fsp3) is 0.542. The third-order valence-corrected chi connectivity index (χ3v) is 5.02. The molecule has 0 bridgehead atoms. The Morgan fingerprint density at radius 3 is 2.32 bits per heavy atom. The van der Waals surface area contributed by atoms with Gasteiger partial charge in [-0.1, -0.05) is 6.07 Å². The number of primary amides is 1. The second-order valence-corrected chi connectivity index (χ2v) is 9.20. The lowest BCUT2D eigenvalue weighted by Crippen LogP contribution is -2.54. The van der Waals surface area contributed by atoms with Crippen LogP contribution in [-0.4, -0.2) is 83.3 Å². The fourth-order valence-corrected chi connectivity index (χ4v) is 3.32. The Balaban J connectivity index is 3.48. The zero-order valence-corrected chi connectivity index (χ0v) is 21.7. The van der Waals surface area contributed by atoms with E-state index >= 15 is 0 Å². The van der Waals surface area contributed by atoms with Gasteiger partial charge in [0.1, 0.15) is 30.0 Å². The maximum atomic E-state index is 13.7. The van der Waals surface area contributed by atoms with Gasteiger partial charge in [0.2, 0.25) is 17.7 Å². The number of methoxy groups -OCH3 is 1. The van der Waals surface area contributed by atoms with Crippen LogP contribution in [0.25, 0.3) is 0 Å². The Morgan fingerprint density at radius 2 is 1.81 bits per heavy atom. The van der Waals surface area contributed by atoms with Gasteiger partial charge in [-0.05, 0) is 57.4 Å². The molecule has 0 heterocycles. The largest absolute Gasteiger partial charge is 0.508 e. The van der Waals surface area contributed by atoms with Crippen molar-refractivity contribution in [1.82, 2.24) is 15.5 Å². The normalized spacial score (nSPS) is 12.6. The molecule has 0 radical (unpaired) electrons. The quantitative estimate of drug-likeness (QED) is 0.234. The van der Waals surface area contributed by atoms with E-state index in [2.05, 4.69) is 15.4 Å². The molecule has 13 nitrogen and oxygen atoms in total. The summed E-state index contributed by atoms with van der Waals surface area (Å²) in [7, 11) is 1.14. The molecule has 1 aromatic rings. The van der Waals surface area contributed by atoms with Gasteiger partial charge in [-0.25, -0.2) is 4.79 Å². The third-order valence-electron chi connectivity index (χ3n) is 5.02. The zero-order valence-electron chi connectivity index (χ0n) is 21.7. The summed E-state index contributed by atoms with van der Waals surface area (Å²) < 4.78 is 9.76. The first kappa shape index (κ1) is 31.2. The molecule has 0 aliphatic heterocycles. The van der Waals surface area contributed by atoms with Crippen molar-refractivity contribution in [3.8, 4) is 5.75 Å². The number of aliphatic hydroxyl groups excluding tert-OH is 1. The number of esters is 1. The van der Waals surface area contributed by atoms with Crippen LogP contribution in [0.5, 0.6) is 5.75 Å². The molecule has 6 N–H and O–H groups in total. The van der Waals surface area contributed by atoms with Crippen LogP contribution < -0.4 is 16.4 Å². The topological polar surface area (TPSA) is 198 Å². The Hall–Kier alpha value is -3.87. The zero-order chi connectivity index (χ0) is 28.3. The second-order valence-electron chi connectivity index (χ2n) is 9.20. The molecule has 0 saturated carbocycles. The number of ether oxygens (including phenoxy) is 2. The molecule has 0 aromatic heterocycles. The summed E-state index contributed by atoms with van der Waals surface area (Å²) in [6.07, 6.45) is -1.41. The van der Waals surface area contributed by atoms with E-state index in [0.29, 0.717) is 5.56 Å². The SMILES string of the molecule is COC(=O)CNC(=O)C(c1ccc(O)c(C)c1)N(CCO)C(=O)C(CCC(N)=O)NC(=O)OC(C)(C)C. The molecular weight excluding hydrogens is 488 g/mol. The molecule has 0 aliphatic carbocycles. The molecule has 2 unspecified atom stereocenters. The first-order valence-electron chi connectivity index (χ1n) is 11.5. The van der Waals surface area contributed by atoms with E-state index in [-0.39, 0.29) is 30.7 Å². The number of benzene rings is 1. The summed E-state index contributed by atoms with van der Waals surface area (Å²) in [5.74, 6) is -3.12. The molecule has 1 aromatic carbocycles. The van der Waals surface area contributed by atoms with Crippen LogP contribution >= 0.6 is 0 Å². The van der Waals surface area contributed by atoms with Crippen molar-refractivity contribution in [2.45, 2.75) is 58.2 Å². The molecule has 4 amide bonds. The van der Waals surface area contributed by atoms with E-state index in [4.69, 9.17) is 10.5 Å². The van der Waals surface area contributed by atoms with Crippen molar-refractivity contribution >= 4 is 29.8 Å². The van der Waals surface area contributed by atoms with Crippen molar-refractivity contribution in [2.24, 2.45) is 5.73 Å². The van der Waals surface area contributed by atoms with Gasteiger partial charge in [0.15, 0.2) is 0 Å². The highest BCUT2D eigenvalue weighted by molar-refractivity contribution is 5.93. The summed E-state index contributed by atoms with van der Waals surface area (Å²) in [6.45, 7) is 5.06. The van der Waals surface area contributed by atoms with E-state index in [1.165, 1.54) is 18.2 Å². The Morgan fingerprint density at radius 1 is 1.16 bits per heavy atom. The lowest BCUT2D eigenvalue weighted by atomic mass is 9.99. The van der Waals surface area contributed by atoms with Crippen LogP contribution in [0.2, 0.25) is 0 Å². The Bertz CT molecular complexity index is 991. The fourth-order valence-electron chi connectivity index (χ4n) is 3.32.